The second-order valence-corrected chi connectivity index (χ2v) is 3.85. The zero-order valence-electron chi connectivity index (χ0n) is 8.93. The van der Waals surface area contributed by atoms with Gasteiger partial charge in [0.2, 0.25) is 0 Å². The topological polar surface area (TPSA) is 70.2 Å². The Morgan fingerprint density at radius 1 is 1.62 bits per heavy atom. The molecule has 5 heteroatoms. The van der Waals surface area contributed by atoms with E-state index in [0.717, 1.165) is 24.2 Å². The molecule has 1 aliphatic rings. The predicted molar refractivity (Wildman–Crippen MR) is 59.4 cm³/mol. The van der Waals surface area contributed by atoms with E-state index in [1.807, 2.05) is 11.0 Å². The van der Waals surface area contributed by atoms with E-state index >= 15 is 0 Å². The van der Waals surface area contributed by atoms with Gasteiger partial charge in [0.15, 0.2) is 0 Å². The highest BCUT2D eigenvalue weighted by Gasteiger charge is 2.23. The number of anilines is 1. The van der Waals surface area contributed by atoms with Crippen LogP contribution in [-0.4, -0.2) is 18.0 Å². The molecule has 0 aliphatic carbocycles. The van der Waals surface area contributed by atoms with E-state index in [0.29, 0.717) is 5.56 Å². The lowest BCUT2D eigenvalue weighted by Gasteiger charge is -2.14. The zero-order valence-corrected chi connectivity index (χ0v) is 8.93. The van der Waals surface area contributed by atoms with Gasteiger partial charge in [0.25, 0.3) is 5.69 Å². The summed E-state index contributed by atoms with van der Waals surface area (Å²) in [6.45, 7) is 2.79. The third kappa shape index (κ3) is 1.58. The number of nitrogens with zero attached hydrogens (tertiary/aromatic N) is 3. The Balaban J connectivity index is 2.47. The van der Waals surface area contributed by atoms with E-state index in [1.54, 1.807) is 13.0 Å². The number of rotatable bonds is 2. The van der Waals surface area contributed by atoms with Crippen molar-refractivity contribution in [1.29, 1.82) is 5.26 Å². The van der Waals surface area contributed by atoms with Gasteiger partial charge in [-0.25, -0.2) is 0 Å². The van der Waals surface area contributed by atoms with Crippen molar-refractivity contribution in [2.24, 2.45) is 0 Å². The van der Waals surface area contributed by atoms with Crippen molar-refractivity contribution in [3.63, 3.8) is 0 Å². The van der Waals surface area contributed by atoms with Crippen molar-refractivity contribution in [2.45, 2.75) is 13.3 Å². The molecule has 0 saturated carbocycles. The molecule has 0 N–H and O–H groups in total. The molecule has 1 aliphatic heterocycles. The van der Waals surface area contributed by atoms with Crippen molar-refractivity contribution < 1.29 is 4.92 Å². The van der Waals surface area contributed by atoms with Crippen LogP contribution in [0.5, 0.6) is 0 Å². The fourth-order valence-corrected chi connectivity index (χ4v) is 2.06. The number of benzene rings is 1. The summed E-state index contributed by atoms with van der Waals surface area (Å²) >= 11 is 0. The second kappa shape index (κ2) is 3.81. The van der Waals surface area contributed by atoms with Crippen LogP contribution in [0.2, 0.25) is 0 Å². The Morgan fingerprint density at radius 2 is 2.38 bits per heavy atom. The Morgan fingerprint density at radius 3 is 3.00 bits per heavy atom. The third-order valence-electron chi connectivity index (χ3n) is 2.85. The Labute approximate surface area is 93.1 Å². The molecule has 82 valence electrons. The SMILES string of the molecule is Cc1cc2c(cc1[N+](=O)[O-])N(CC#N)CC2. The number of hydrogen-bond acceptors (Lipinski definition) is 4. The summed E-state index contributed by atoms with van der Waals surface area (Å²) in [4.78, 5) is 12.3. The molecular weight excluding hydrogens is 206 g/mol. The van der Waals surface area contributed by atoms with Crippen molar-refractivity contribution in [1.82, 2.24) is 0 Å². The van der Waals surface area contributed by atoms with Crippen molar-refractivity contribution in [2.75, 3.05) is 18.0 Å². The van der Waals surface area contributed by atoms with Crippen molar-refractivity contribution in [3.8, 4) is 6.07 Å². The average Bonchev–Trinajstić information content (AvgIpc) is 2.60. The van der Waals surface area contributed by atoms with Gasteiger partial charge in [-0.2, -0.15) is 5.26 Å². The number of nitro groups is 1. The molecule has 0 saturated heterocycles. The molecule has 0 aromatic heterocycles. The molecule has 0 fully saturated rings. The molecular formula is C11H11N3O2. The van der Waals surface area contributed by atoms with Crippen LogP contribution in [0.3, 0.4) is 0 Å². The van der Waals surface area contributed by atoms with Crippen LogP contribution in [-0.2, 0) is 6.42 Å². The molecule has 1 aromatic carbocycles. The summed E-state index contributed by atoms with van der Waals surface area (Å²) in [5, 5.41) is 19.5. The largest absolute Gasteiger partial charge is 0.357 e. The van der Waals surface area contributed by atoms with Crippen molar-refractivity contribution >= 4 is 11.4 Å². The summed E-state index contributed by atoms with van der Waals surface area (Å²) in [6.07, 6.45) is 0.857. The van der Waals surface area contributed by atoms with E-state index in [2.05, 4.69) is 6.07 Å². The Kier molecular flexibility index (Phi) is 2.49. The van der Waals surface area contributed by atoms with Crippen LogP contribution in [0.1, 0.15) is 11.1 Å². The first-order valence-electron chi connectivity index (χ1n) is 5.03. The fraction of sp³-hybridized carbons (Fsp3) is 0.364. The van der Waals surface area contributed by atoms with Gasteiger partial charge >= 0.3 is 0 Å². The molecule has 5 nitrogen and oxygen atoms in total. The van der Waals surface area contributed by atoms with Gasteiger partial charge in [0.1, 0.15) is 6.54 Å². The number of nitriles is 1. The van der Waals surface area contributed by atoms with Gasteiger partial charge in [-0.3, -0.25) is 10.1 Å². The average molecular weight is 217 g/mol. The maximum Gasteiger partial charge on any atom is 0.274 e. The first-order valence-corrected chi connectivity index (χ1v) is 5.03. The molecule has 0 atom stereocenters. The molecule has 0 radical (unpaired) electrons. The number of fused-ring (bicyclic) bond motifs is 1. The van der Waals surface area contributed by atoms with Crippen LogP contribution in [0.15, 0.2) is 12.1 Å². The molecule has 1 heterocycles. The van der Waals surface area contributed by atoms with Gasteiger partial charge in [-0.15, -0.1) is 0 Å². The monoisotopic (exact) mass is 217 g/mol. The summed E-state index contributed by atoms with van der Waals surface area (Å²) in [5.41, 5.74) is 2.74. The molecule has 0 amide bonds. The lowest BCUT2D eigenvalue weighted by molar-refractivity contribution is -0.385. The van der Waals surface area contributed by atoms with Gasteiger partial charge in [0.05, 0.1) is 11.0 Å². The number of aryl methyl sites for hydroxylation is 1. The minimum Gasteiger partial charge on any atom is -0.357 e. The van der Waals surface area contributed by atoms with Crippen LogP contribution in [0.4, 0.5) is 11.4 Å². The van der Waals surface area contributed by atoms with E-state index in [9.17, 15) is 10.1 Å². The predicted octanol–water partition coefficient (Wildman–Crippen LogP) is 1.79. The zero-order chi connectivity index (χ0) is 11.7. The maximum atomic E-state index is 10.8. The summed E-state index contributed by atoms with van der Waals surface area (Å²) in [5.74, 6) is 0. The van der Waals surface area contributed by atoms with E-state index < -0.39 is 0 Å². The highest BCUT2D eigenvalue weighted by Crippen LogP contribution is 2.33. The fourth-order valence-electron chi connectivity index (χ4n) is 2.06. The van der Waals surface area contributed by atoms with Crippen LogP contribution in [0, 0.1) is 28.4 Å². The summed E-state index contributed by atoms with van der Waals surface area (Å²) < 4.78 is 0. The minimum atomic E-state index is -0.377. The van der Waals surface area contributed by atoms with Gasteiger partial charge in [-0.05, 0) is 25.0 Å². The van der Waals surface area contributed by atoms with Gasteiger partial charge in [0, 0.05) is 23.9 Å². The molecule has 1 aromatic rings. The molecule has 2 rings (SSSR count). The second-order valence-electron chi connectivity index (χ2n) is 3.85. The standard InChI is InChI=1S/C11H11N3O2/c1-8-6-9-2-4-13(5-3-12)11(9)7-10(8)14(15)16/h6-7H,2,4-5H2,1H3. The van der Waals surface area contributed by atoms with Crippen molar-refractivity contribution in [3.05, 3.63) is 33.4 Å². The number of hydrogen-bond donors (Lipinski definition) is 0. The van der Waals surface area contributed by atoms with E-state index in [4.69, 9.17) is 5.26 Å². The maximum absolute atomic E-state index is 10.8. The Hall–Kier alpha value is -2.09. The van der Waals surface area contributed by atoms with E-state index in [-0.39, 0.29) is 17.2 Å². The highest BCUT2D eigenvalue weighted by atomic mass is 16.6. The van der Waals surface area contributed by atoms with Gasteiger partial charge in [-0.1, -0.05) is 0 Å². The summed E-state index contributed by atoms with van der Waals surface area (Å²) in [7, 11) is 0. The molecule has 16 heavy (non-hydrogen) atoms. The quantitative estimate of drug-likeness (QED) is 0.430. The summed E-state index contributed by atoms with van der Waals surface area (Å²) in [6, 6.07) is 5.50. The van der Waals surface area contributed by atoms with Crippen LogP contribution >= 0.6 is 0 Å². The first-order chi connectivity index (χ1) is 7.63. The van der Waals surface area contributed by atoms with Crippen LogP contribution in [0.25, 0.3) is 0 Å². The van der Waals surface area contributed by atoms with Gasteiger partial charge < -0.3 is 4.90 Å². The third-order valence-corrected chi connectivity index (χ3v) is 2.85. The van der Waals surface area contributed by atoms with E-state index in [1.165, 1.54) is 0 Å². The number of nitro benzene ring substituents is 1. The highest BCUT2D eigenvalue weighted by molar-refractivity contribution is 5.65. The minimum absolute atomic E-state index is 0.128. The smallest absolute Gasteiger partial charge is 0.274 e. The normalized spacial score (nSPS) is 13.4. The Bertz CT molecular complexity index is 491. The molecule has 0 unspecified atom stereocenters. The molecule has 0 bridgehead atoms. The lowest BCUT2D eigenvalue weighted by Crippen LogP contribution is -2.20. The molecule has 0 spiro atoms. The lowest BCUT2D eigenvalue weighted by atomic mass is 10.1. The first kappa shape index (κ1) is 10.4. The van der Waals surface area contributed by atoms with Crippen LogP contribution < -0.4 is 4.90 Å².